The highest BCUT2D eigenvalue weighted by Gasteiger charge is 2.22. The van der Waals surface area contributed by atoms with Crippen molar-refractivity contribution in [2.45, 2.75) is 43.0 Å². The van der Waals surface area contributed by atoms with Gasteiger partial charge in [-0.05, 0) is 25.0 Å². The van der Waals surface area contributed by atoms with Gasteiger partial charge in [0.1, 0.15) is 0 Å². The minimum absolute atomic E-state index is 0.104. The summed E-state index contributed by atoms with van der Waals surface area (Å²) in [5.74, 6) is 0.769. The Morgan fingerprint density at radius 2 is 1.64 bits per heavy atom. The third-order valence-corrected chi connectivity index (χ3v) is 7.00. The van der Waals surface area contributed by atoms with E-state index in [1.807, 2.05) is 60.5 Å². The van der Waals surface area contributed by atoms with Crippen LogP contribution in [0.2, 0.25) is 0 Å². The molecular weight excluding hydrogens is 432 g/mol. The quantitative estimate of drug-likeness (QED) is 0.486. The van der Waals surface area contributed by atoms with Crippen molar-refractivity contribution >= 4 is 29.3 Å². The number of amides is 2. The van der Waals surface area contributed by atoms with Crippen molar-refractivity contribution in [2.24, 2.45) is 0 Å². The first-order valence-electron chi connectivity index (χ1n) is 11.3. The molecule has 1 heterocycles. The van der Waals surface area contributed by atoms with Crippen LogP contribution in [0.1, 0.15) is 42.5 Å². The van der Waals surface area contributed by atoms with E-state index in [1.165, 1.54) is 31.0 Å². The fourth-order valence-electron chi connectivity index (χ4n) is 4.02. The second-order valence-corrected chi connectivity index (χ2v) is 9.21. The predicted octanol–water partition coefficient (Wildman–Crippen LogP) is 5.28. The van der Waals surface area contributed by atoms with Gasteiger partial charge in [-0.15, -0.1) is 11.8 Å². The van der Waals surface area contributed by atoms with Crippen molar-refractivity contribution in [3.63, 3.8) is 0 Å². The zero-order chi connectivity index (χ0) is 23.0. The second kappa shape index (κ2) is 11.1. The lowest BCUT2D eigenvalue weighted by atomic mass is 9.94. The van der Waals surface area contributed by atoms with Crippen LogP contribution in [0.15, 0.2) is 71.9 Å². The first kappa shape index (κ1) is 23.0. The predicted molar refractivity (Wildman–Crippen MR) is 132 cm³/mol. The van der Waals surface area contributed by atoms with Gasteiger partial charge in [0.15, 0.2) is 5.82 Å². The van der Waals surface area contributed by atoms with Crippen molar-refractivity contribution in [1.82, 2.24) is 14.9 Å². The van der Waals surface area contributed by atoms with Crippen LogP contribution in [-0.2, 0) is 4.79 Å². The molecular formula is C26H28N4O2S. The summed E-state index contributed by atoms with van der Waals surface area (Å²) in [7, 11) is 1.90. The molecule has 0 radical (unpaired) electrons. The summed E-state index contributed by atoms with van der Waals surface area (Å²) in [5.41, 5.74) is 1.97. The third-order valence-electron chi connectivity index (χ3n) is 5.94. The van der Waals surface area contributed by atoms with Gasteiger partial charge in [-0.3, -0.25) is 9.59 Å². The van der Waals surface area contributed by atoms with Gasteiger partial charge in [-0.2, -0.15) is 0 Å². The van der Waals surface area contributed by atoms with Gasteiger partial charge in [-0.25, -0.2) is 9.97 Å². The molecule has 2 amide bonds. The van der Waals surface area contributed by atoms with E-state index in [0.717, 1.165) is 23.3 Å². The lowest BCUT2D eigenvalue weighted by Crippen LogP contribution is -2.39. The van der Waals surface area contributed by atoms with Gasteiger partial charge >= 0.3 is 0 Å². The number of nitrogens with zero attached hydrogens (tertiary/aromatic N) is 3. The third kappa shape index (κ3) is 5.99. The maximum absolute atomic E-state index is 12.9. The van der Waals surface area contributed by atoms with E-state index < -0.39 is 0 Å². The molecule has 0 spiro atoms. The Balaban J connectivity index is 1.38. The Morgan fingerprint density at radius 3 is 2.36 bits per heavy atom. The lowest BCUT2D eigenvalue weighted by Gasteiger charge is -2.31. The zero-order valence-corrected chi connectivity index (χ0v) is 19.6. The van der Waals surface area contributed by atoms with Crippen molar-refractivity contribution in [3.8, 4) is 11.4 Å². The smallest absolute Gasteiger partial charge is 0.256 e. The summed E-state index contributed by atoms with van der Waals surface area (Å²) in [5, 5.41) is 2.87. The molecule has 1 N–H and O–H groups in total. The molecule has 3 aromatic rings. The van der Waals surface area contributed by atoms with Gasteiger partial charge in [0.2, 0.25) is 5.91 Å². The number of benzene rings is 2. The van der Waals surface area contributed by atoms with Crippen LogP contribution in [0.3, 0.4) is 0 Å². The maximum atomic E-state index is 12.9. The van der Waals surface area contributed by atoms with Crippen molar-refractivity contribution in [3.05, 3.63) is 72.6 Å². The van der Waals surface area contributed by atoms with Crippen LogP contribution < -0.4 is 5.32 Å². The van der Waals surface area contributed by atoms with E-state index in [1.54, 1.807) is 18.5 Å². The topological polar surface area (TPSA) is 75.2 Å². The van der Waals surface area contributed by atoms with Crippen LogP contribution in [0.4, 0.5) is 5.69 Å². The maximum Gasteiger partial charge on any atom is 0.256 e. The number of hydrogen-bond donors (Lipinski definition) is 1. The fraction of sp³-hybridized carbons (Fsp3) is 0.308. The number of nitrogens with one attached hydrogen (secondary N) is 1. The molecule has 33 heavy (non-hydrogen) atoms. The van der Waals surface area contributed by atoms with Crippen molar-refractivity contribution < 1.29 is 9.59 Å². The summed E-state index contributed by atoms with van der Waals surface area (Å²) in [4.78, 5) is 37.1. The molecule has 1 fully saturated rings. The first-order chi connectivity index (χ1) is 16.1. The molecule has 0 aliphatic heterocycles. The van der Waals surface area contributed by atoms with Gasteiger partial charge in [0.05, 0.1) is 29.4 Å². The summed E-state index contributed by atoms with van der Waals surface area (Å²) in [6, 6.07) is 17.4. The number of aromatic nitrogens is 2. The Hall–Kier alpha value is -3.19. The molecule has 0 atom stereocenters. The van der Waals surface area contributed by atoms with E-state index in [-0.39, 0.29) is 11.8 Å². The highest BCUT2D eigenvalue weighted by Crippen LogP contribution is 2.26. The Kier molecular flexibility index (Phi) is 7.73. The molecule has 1 aliphatic rings. The summed E-state index contributed by atoms with van der Waals surface area (Å²) >= 11 is 1.40. The molecule has 1 saturated carbocycles. The van der Waals surface area contributed by atoms with E-state index in [4.69, 9.17) is 0 Å². The molecule has 0 unspecified atom stereocenters. The molecule has 2 aromatic carbocycles. The number of thioether (sulfide) groups is 1. The molecule has 0 saturated heterocycles. The normalized spacial score (nSPS) is 14.0. The van der Waals surface area contributed by atoms with Crippen LogP contribution in [-0.4, -0.2) is 45.5 Å². The molecule has 6 nitrogen and oxygen atoms in total. The summed E-state index contributed by atoms with van der Waals surface area (Å²) in [6.07, 6.45) is 9.00. The summed E-state index contributed by atoms with van der Waals surface area (Å²) < 4.78 is 0. The lowest BCUT2D eigenvalue weighted by molar-refractivity contribution is -0.129. The molecule has 1 aliphatic carbocycles. The Labute approximate surface area is 198 Å². The van der Waals surface area contributed by atoms with Crippen molar-refractivity contribution in [1.29, 1.82) is 0 Å². The van der Waals surface area contributed by atoms with E-state index in [9.17, 15) is 9.59 Å². The van der Waals surface area contributed by atoms with E-state index in [0.29, 0.717) is 28.9 Å². The van der Waals surface area contributed by atoms with Crippen molar-refractivity contribution in [2.75, 3.05) is 18.1 Å². The molecule has 4 rings (SSSR count). The van der Waals surface area contributed by atoms with Gasteiger partial charge in [0.25, 0.3) is 5.91 Å². The number of hydrogen-bond acceptors (Lipinski definition) is 5. The second-order valence-electron chi connectivity index (χ2n) is 8.20. The largest absolute Gasteiger partial charge is 0.342 e. The molecule has 0 bridgehead atoms. The van der Waals surface area contributed by atoms with Gasteiger partial charge in [-0.1, -0.05) is 61.7 Å². The minimum Gasteiger partial charge on any atom is -0.342 e. The average molecular weight is 461 g/mol. The molecule has 7 heteroatoms. The SMILES string of the molecule is CN(C(=O)CSc1ccccc1C(=O)Nc1cnc(-c2ccccc2)nc1)C1CCCCC1. The number of anilines is 1. The highest BCUT2D eigenvalue weighted by molar-refractivity contribution is 8.00. The van der Waals surface area contributed by atoms with Gasteiger partial charge in [0, 0.05) is 23.5 Å². The van der Waals surface area contributed by atoms with Crippen LogP contribution in [0, 0.1) is 0 Å². The Bertz CT molecular complexity index is 1080. The number of carbonyl (C=O) groups excluding carboxylic acids is 2. The monoisotopic (exact) mass is 460 g/mol. The van der Waals surface area contributed by atoms with Crippen LogP contribution in [0.25, 0.3) is 11.4 Å². The van der Waals surface area contributed by atoms with E-state index >= 15 is 0 Å². The van der Waals surface area contributed by atoms with Crippen LogP contribution in [0.5, 0.6) is 0 Å². The highest BCUT2D eigenvalue weighted by atomic mass is 32.2. The number of carbonyl (C=O) groups is 2. The number of rotatable bonds is 7. The Morgan fingerprint density at radius 1 is 0.970 bits per heavy atom. The van der Waals surface area contributed by atoms with Gasteiger partial charge < -0.3 is 10.2 Å². The minimum atomic E-state index is -0.248. The first-order valence-corrected chi connectivity index (χ1v) is 12.3. The fourth-order valence-corrected chi connectivity index (χ4v) is 4.99. The molecule has 1 aromatic heterocycles. The zero-order valence-electron chi connectivity index (χ0n) is 18.7. The van der Waals surface area contributed by atoms with E-state index in [2.05, 4.69) is 15.3 Å². The molecule has 170 valence electrons. The van der Waals surface area contributed by atoms with Crippen LogP contribution >= 0.6 is 11.8 Å². The standard InChI is InChI=1S/C26H28N4O2S/c1-30(21-12-6-3-7-13-21)24(31)18-33-23-15-9-8-14-22(23)26(32)29-20-16-27-25(28-17-20)19-10-4-2-5-11-19/h2,4-5,8-11,14-17,21H,3,6-7,12-13,18H2,1H3,(H,29,32). The summed E-state index contributed by atoms with van der Waals surface area (Å²) in [6.45, 7) is 0. The average Bonchev–Trinajstić information content (AvgIpc) is 2.88.